The van der Waals surface area contributed by atoms with Crippen molar-refractivity contribution in [2.24, 2.45) is 0 Å². The summed E-state index contributed by atoms with van der Waals surface area (Å²) in [6.45, 7) is 8.01. The maximum atomic E-state index is 15.1. The van der Waals surface area contributed by atoms with Gasteiger partial charge in [-0.25, -0.2) is 13.2 Å². The number of carbonyl (C=O) groups excluding carboxylic acids is 3. The SMILES string of the molecule is COC(=O)C[C@@H]1COc2cc(O[C@@H]3CCc4c(Oc5ccc(/C=C/C(C)(C)O)cc5C#N)ccc(F)c43)ccc21.COC(=O)C[C@@H]1COc2cc(O[C@@H]3CCc4c(Oc5ccc(Br)cc5C#N)ccc(F)c43)ccc21.COC(=O)C[C@@H]1COc2cc(O[C@@H]3CCc4c(Oc5ccc(CCC(C)(C)O)cc5C#N)ccc(F)c43)ccc21. The van der Waals surface area contributed by atoms with Crippen molar-refractivity contribution in [1.29, 1.82) is 15.8 Å². The van der Waals surface area contributed by atoms with E-state index in [9.17, 15) is 44.8 Å². The lowest BCUT2D eigenvalue weighted by molar-refractivity contribution is -0.142. The number of ether oxygens (including phenoxy) is 12. The number of fused-ring (bicyclic) bond motifs is 6. The smallest absolute Gasteiger partial charge is 0.306 e. The van der Waals surface area contributed by atoms with E-state index in [2.05, 4.69) is 34.1 Å². The van der Waals surface area contributed by atoms with Crippen LogP contribution in [0.5, 0.6) is 69.0 Å². The zero-order valence-electron chi connectivity index (χ0n) is 64.2. The fourth-order valence-corrected chi connectivity index (χ4v) is 15.3. The van der Waals surface area contributed by atoms with Crippen LogP contribution in [0, 0.1) is 51.4 Å². The number of halogens is 4. The first kappa shape index (κ1) is 81.0. The van der Waals surface area contributed by atoms with E-state index >= 15 is 8.78 Å². The summed E-state index contributed by atoms with van der Waals surface area (Å²) in [7, 11) is 4.10. The lowest BCUT2D eigenvalue weighted by atomic mass is 9.98. The molecular formula is C91H83BrF3N3O17. The maximum absolute atomic E-state index is 15.1. The molecule has 3 heterocycles. The molecule has 0 spiro atoms. The summed E-state index contributed by atoms with van der Waals surface area (Å²) in [4.78, 5) is 35.1. The van der Waals surface area contributed by atoms with Gasteiger partial charge in [0.05, 0.1) is 88.3 Å². The second-order valence-corrected chi connectivity index (χ2v) is 30.8. The van der Waals surface area contributed by atoms with Gasteiger partial charge in [0.15, 0.2) is 0 Å². The molecular weight excluding hydrogens is 1540 g/mol. The van der Waals surface area contributed by atoms with E-state index in [1.165, 1.54) is 39.5 Å². The van der Waals surface area contributed by atoms with E-state index in [0.717, 1.165) is 43.4 Å². The van der Waals surface area contributed by atoms with E-state index in [0.29, 0.717) is 179 Å². The Morgan fingerprint density at radius 1 is 0.478 bits per heavy atom. The van der Waals surface area contributed by atoms with Gasteiger partial charge in [-0.05, 0) is 187 Å². The minimum absolute atomic E-state index is 0.0623. The monoisotopic (exact) mass is 1630 g/mol. The largest absolute Gasteiger partial charge is 0.492 e. The molecule has 0 saturated heterocycles. The van der Waals surface area contributed by atoms with Gasteiger partial charge < -0.3 is 67.1 Å². The molecule has 0 radical (unpaired) electrons. The van der Waals surface area contributed by atoms with Gasteiger partial charge in [0.2, 0.25) is 0 Å². The molecule has 0 amide bonds. The number of esters is 3. The number of benzene rings is 9. The standard InChI is InChI=1S/C32H32FNO6.C32H30FNO6.C27H21BrFNO5/c2*1-32(2,36)13-12-19-4-9-26(20(14-19)17-34)40-27-11-8-25(33)31-24(27)7-10-28(31)39-22-5-6-23-21(15-30(35)37-3)18-38-29(23)16-22;1-32-26(31)11-16-14-33-25-12-18(3-4-19(16)25)34-24-8-5-20-23(9-6-21(29)27(20)24)35-22-7-2-17(28)10-15(22)13-30/h4-6,8-9,11,14,16,21,28,36H,7,10,12-13,15,18H2,1-3H3;4-6,8-9,11-14,16,21,28,36H,7,10,15,18H2,1-3H3;2-4,6-7,9-10,12,16,24H,5,8,11,14H2,1H3/b;13-12+;/t2*21-,28-;16-,24-/m111/s1. The number of carbonyl (C=O) groups is 3. The zero-order chi connectivity index (χ0) is 81.4. The molecule has 592 valence electrons. The summed E-state index contributed by atoms with van der Waals surface area (Å²) in [5.74, 6) is 4.05. The van der Waals surface area contributed by atoms with Crippen LogP contribution in [0.25, 0.3) is 6.08 Å². The summed E-state index contributed by atoms with van der Waals surface area (Å²) in [5, 5.41) is 48.8. The number of nitrogens with zero attached hydrogens (tertiary/aromatic N) is 3. The van der Waals surface area contributed by atoms with Gasteiger partial charge in [-0.3, -0.25) is 14.4 Å². The Hall–Kier alpha value is -12.0. The molecule has 9 aromatic carbocycles. The molecule has 24 heteroatoms. The van der Waals surface area contributed by atoms with Gasteiger partial charge in [-0.2, -0.15) is 15.8 Å². The van der Waals surface area contributed by atoms with E-state index in [-0.39, 0.29) is 72.4 Å². The lowest BCUT2D eigenvalue weighted by Gasteiger charge is -2.18. The van der Waals surface area contributed by atoms with Gasteiger partial charge in [0, 0.05) is 90.5 Å². The highest BCUT2D eigenvalue weighted by Gasteiger charge is 2.37. The van der Waals surface area contributed by atoms with E-state index in [4.69, 9.17) is 56.8 Å². The summed E-state index contributed by atoms with van der Waals surface area (Å²) in [5.41, 5.74) is 7.26. The number of aryl methyl sites for hydroxylation is 1. The number of hydrogen-bond donors (Lipinski definition) is 2. The van der Waals surface area contributed by atoms with Crippen LogP contribution in [0.1, 0.15) is 187 Å². The van der Waals surface area contributed by atoms with Crippen LogP contribution < -0.4 is 42.6 Å². The number of nitriles is 3. The molecule has 6 aliphatic rings. The van der Waals surface area contributed by atoms with Crippen molar-refractivity contribution in [2.75, 3.05) is 41.2 Å². The first-order chi connectivity index (χ1) is 55.3. The van der Waals surface area contributed by atoms with Crippen molar-refractivity contribution >= 4 is 39.9 Å². The third kappa shape index (κ3) is 19.1. The van der Waals surface area contributed by atoms with Crippen molar-refractivity contribution in [3.63, 3.8) is 0 Å². The van der Waals surface area contributed by atoms with Crippen LogP contribution in [0.2, 0.25) is 0 Å². The van der Waals surface area contributed by atoms with Crippen molar-refractivity contribution < 1.29 is 94.6 Å². The molecule has 3 aliphatic heterocycles. The van der Waals surface area contributed by atoms with Crippen molar-refractivity contribution in [1.82, 2.24) is 0 Å². The Balaban J connectivity index is 0.000000151. The summed E-state index contributed by atoms with van der Waals surface area (Å²) < 4.78 is 114. The molecule has 15 rings (SSSR count). The second-order valence-electron chi connectivity index (χ2n) is 29.9. The van der Waals surface area contributed by atoms with Crippen LogP contribution in [-0.4, -0.2) is 80.5 Å². The molecule has 0 bridgehead atoms. The minimum Gasteiger partial charge on any atom is -0.492 e. The molecule has 0 unspecified atom stereocenters. The number of methoxy groups -OCH3 is 3. The molecule has 0 fully saturated rings. The summed E-state index contributed by atoms with van der Waals surface area (Å²) in [6.07, 6.45) is 7.18. The Morgan fingerprint density at radius 2 is 0.835 bits per heavy atom. The lowest BCUT2D eigenvalue weighted by Crippen LogP contribution is -2.19. The second kappa shape index (κ2) is 35.2. The molecule has 3 aliphatic carbocycles. The predicted octanol–water partition coefficient (Wildman–Crippen LogP) is 19.0. The average molecular weight is 1630 g/mol. The van der Waals surface area contributed by atoms with Crippen LogP contribution in [-0.2, 0) is 54.3 Å². The summed E-state index contributed by atoms with van der Waals surface area (Å²) in [6, 6.07) is 47.4. The average Bonchev–Trinajstić information content (AvgIpc) is 1.66. The Morgan fingerprint density at radius 3 is 1.20 bits per heavy atom. The maximum Gasteiger partial charge on any atom is 0.306 e. The molecule has 0 saturated carbocycles. The molecule has 20 nitrogen and oxygen atoms in total. The molecule has 115 heavy (non-hydrogen) atoms. The Labute approximate surface area is 672 Å². The van der Waals surface area contributed by atoms with Crippen molar-refractivity contribution in [3.8, 4) is 87.2 Å². The van der Waals surface area contributed by atoms with E-state index < -0.39 is 29.5 Å². The van der Waals surface area contributed by atoms with Gasteiger partial charge in [-0.1, -0.05) is 58.4 Å². The normalized spacial score (nSPS) is 17.5. The topological polar surface area (TPSA) is 274 Å². The molecule has 6 atom stereocenters. The third-order valence-corrected chi connectivity index (χ3v) is 21.3. The Kier molecular flexibility index (Phi) is 24.8. The summed E-state index contributed by atoms with van der Waals surface area (Å²) >= 11 is 3.35. The predicted molar refractivity (Wildman–Crippen MR) is 420 cm³/mol. The third-order valence-electron chi connectivity index (χ3n) is 20.8. The highest BCUT2D eigenvalue weighted by molar-refractivity contribution is 9.10. The quantitative estimate of drug-likeness (QED) is 0.0445. The van der Waals surface area contributed by atoms with Crippen LogP contribution in [0.4, 0.5) is 13.2 Å². The molecule has 2 N–H and O–H groups in total. The van der Waals surface area contributed by atoms with E-state index in [1.807, 2.05) is 36.4 Å². The Bertz CT molecular complexity index is 5380. The van der Waals surface area contributed by atoms with Crippen LogP contribution in [0.15, 0.2) is 156 Å². The number of aliphatic hydroxyl groups is 2. The van der Waals surface area contributed by atoms with Gasteiger partial charge in [0.1, 0.15) is 123 Å². The van der Waals surface area contributed by atoms with Gasteiger partial charge >= 0.3 is 17.9 Å². The molecule has 9 aromatic rings. The zero-order valence-corrected chi connectivity index (χ0v) is 65.8. The number of rotatable bonds is 23. The van der Waals surface area contributed by atoms with Crippen molar-refractivity contribution in [2.45, 2.75) is 146 Å². The first-order valence-electron chi connectivity index (χ1n) is 37.7. The highest BCUT2D eigenvalue weighted by atomic mass is 79.9. The van der Waals surface area contributed by atoms with Crippen LogP contribution >= 0.6 is 15.9 Å². The first-order valence-corrected chi connectivity index (χ1v) is 38.4. The van der Waals surface area contributed by atoms with Gasteiger partial charge in [-0.15, -0.1) is 0 Å². The van der Waals surface area contributed by atoms with Crippen LogP contribution in [0.3, 0.4) is 0 Å². The van der Waals surface area contributed by atoms with Crippen molar-refractivity contribution in [3.05, 3.63) is 251 Å². The minimum atomic E-state index is -0.977. The molecule has 0 aromatic heterocycles. The fraction of sp³-hybridized carbons (Fsp3) is 0.319. The van der Waals surface area contributed by atoms with E-state index in [1.54, 1.807) is 131 Å². The van der Waals surface area contributed by atoms with Gasteiger partial charge in [0.25, 0.3) is 0 Å². The highest BCUT2D eigenvalue weighted by Crippen LogP contribution is 2.50. The number of hydrogen-bond acceptors (Lipinski definition) is 20. The fourth-order valence-electron chi connectivity index (χ4n) is 14.9.